The van der Waals surface area contributed by atoms with E-state index in [1.54, 1.807) is 6.07 Å². The van der Waals surface area contributed by atoms with E-state index in [0.29, 0.717) is 19.0 Å². The molecule has 1 aromatic carbocycles. The Morgan fingerprint density at radius 3 is 2.70 bits per heavy atom. The number of piperidine rings is 1. The van der Waals surface area contributed by atoms with Gasteiger partial charge < -0.3 is 30.7 Å². The molecule has 11 heteroatoms. The Kier molecular flexibility index (Phi) is 5.13. The molecule has 5 rings (SSSR count). The van der Waals surface area contributed by atoms with Crippen LogP contribution in [0.4, 0.5) is 26.1 Å². The number of benzene rings is 1. The van der Waals surface area contributed by atoms with E-state index in [0.717, 1.165) is 30.8 Å². The maximum Gasteiger partial charge on any atom is 0.296 e. The van der Waals surface area contributed by atoms with Crippen molar-refractivity contribution in [3.63, 3.8) is 0 Å². The Bertz CT molecular complexity index is 1090. The van der Waals surface area contributed by atoms with Crippen LogP contribution in [0, 0.1) is 5.41 Å². The summed E-state index contributed by atoms with van der Waals surface area (Å²) < 4.78 is 40.7. The fourth-order valence-corrected chi connectivity index (χ4v) is 4.93. The molecule has 1 aromatic heterocycles. The van der Waals surface area contributed by atoms with Crippen LogP contribution in [-0.2, 0) is 15.5 Å². The molecule has 3 aliphatic heterocycles. The molecule has 2 aromatic rings. The molecular weight excluding hydrogens is 434 g/mol. The number of aromatic nitrogens is 2. The van der Waals surface area contributed by atoms with Crippen molar-refractivity contribution in [2.45, 2.75) is 31.7 Å². The van der Waals surface area contributed by atoms with Crippen LogP contribution in [0.15, 0.2) is 24.4 Å². The van der Waals surface area contributed by atoms with Gasteiger partial charge in [0.1, 0.15) is 11.6 Å². The number of fused-ring (bicyclic) bond motifs is 1. The summed E-state index contributed by atoms with van der Waals surface area (Å²) in [6, 6.07) is 4.45. The molecule has 4 heterocycles. The lowest BCUT2D eigenvalue weighted by molar-refractivity contribution is -0.117. The van der Waals surface area contributed by atoms with Gasteiger partial charge in [-0.05, 0) is 25.0 Å². The summed E-state index contributed by atoms with van der Waals surface area (Å²) in [5, 5.41) is 0. The lowest BCUT2D eigenvalue weighted by atomic mass is 9.75. The number of nitrogens with zero attached hydrogens (tertiary/aromatic N) is 4. The first kappa shape index (κ1) is 21.8. The summed E-state index contributed by atoms with van der Waals surface area (Å²) >= 11 is 0. The Morgan fingerprint density at radius 2 is 2.06 bits per heavy atom. The molecule has 176 valence electrons. The van der Waals surface area contributed by atoms with E-state index in [2.05, 4.69) is 14.9 Å². The molecule has 0 saturated carbocycles. The molecule has 33 heavy (non-hydrogen) atoms. The summed E-state index contributed by atoms with van der Waals surface area (Å²) in [5.74, 6) is -3.31. The lowest BCUT2D eigenvalue weighted by Gasteiger charge is -2.41. The van der Waals surface area contributed by atoms with Crippen LogP contribution in [0.25, 0.3) is 0 Å². The zero-order valence-electron chi connectivity index (χ0n) is 18.3. The number of hydrogen-bond donors (Lipinski definition) is 2. The number of halogens is 2. The van der Waals surface area contributed by atoms with Crippen molar-refractivity contribution in [3.8, 4) is 11.6 Å². The van der Waals surface area contributed by atoms with Gasteiger partial charge in [-0.1, -0.05) is 6.07 Å². The van der Waals surface area contributed by atoms with Gasteiger partial charge >= 0.3 is 0 Å². The normalized spacial score (nSPS) is 23.1. The van der Waals surface area contributed by atoms with Gasteiger partial charge in [-0.3, -0.25) is 4.79 Å². The van der Waals surface area contributed by atoms with E-state index < -0.39 is 18.4 Å². The van der Waals surface area contributed by atoms with Crippen molar-refractivity contribution >= 4 is 23.2 Å². The van der Waals surface area contributed by atoms with Gasteiger partial charge in [-0.2, -0.15) is 8.78 Å². The summed E-state index contributed by atoms with van der Waals surface area (Å²) in [5.41, 5.74) is 12.1. The Balaban J connectivity index is 1.35. The molecule has 2 fully saturated rings. The summed E-state index contributed by atoms with van der Waals surface area (Å²) in [4.78, 5) is 23.6. The number of rotatable bonds is 3. The first-order valence-electron chi connectivity index (χ1n) is 10.9. The molecule has 0 unspecified atom stereocenters. The molecule has 0 bridgehead atoms. The third-order valence-corrected chi connectivity index (χ3v) is 6.91. The van der Waals surface area contributed by atoms with Crippen molar-refractivity contribution in [1.29, 1.82) is 0 Å². The van der Waals surface area contributed by atoms with Crippen molar-refractivity contribution in [2.24, 2.45) is 11.1 Å². The SMILES string of the molecule is CC(=O)N1CC(F)(F)c2c(Oc3ncc(N4CCC5(CC4)COC[C@@H]5N)nc3N)cccc21. The third kappa shape index (κ3) is 3.65. The predicted molar refractivity (Wildman–Crippen MR) is 118 cm³/mol. The highest BCUT2D eigenvalue weighted by atomic mass is 19.3. The fraction of sp³-hybridized carbons (Fsp3) is 0.500. The van der Waals surface area contributed by atoms with Crippen LogP contribution < -0.4 is 26.0 Å². The van der Waals surface area contributed by atoms with Gasteiger partial charge in [0.25, 0.3) is 11.8 Å². The Morgan fingerprint density at radius 1 is 1.30 bits per heavy atom. The second-order valence-electron chi connectivity index (χ2n) is 8.95. The van der Waals surface area contributed by atoms with Gasteiger partial charge in [-0.15, -0.1) is 0 Å². The average Bonchev–Trinajstić information content (AvgIpc) is 3.27. The first-order valence-corrected chi connectivity index (χ1v) is 10.9. The number of ether oxygens (including phenoxy) is 2. The smallest absolute Gasteiger partial charge is 0.296 e. The predicted octanol–water partition coefficient (Wildman–Crippen LogP) is 2.25. The zero-order valence-corrected chi connectivity index (χ0v) is 18.3. The van der Waals surface area contributed by atoms with Crippen LogP contribution >= 0.6 is 0 Å². The van der Waals surface area contributed by atoms with E-state index >= 15 is 0 Å². The molecule has 1 atom stereocenters. The monoisotopic (exact) mass is 460 g/mol. The molecule has 4 N–H and O–H groups in total. The summed E-state index contributed by atoms with van der Waals surface area (Å²) in [7, 11) is 0. The van der Waals surface area contributed by atoms with E-state index in [1.165, 1.54) is 25.3 Å². The van der Waals surface area contributed by atoms with Gasteiger partial charge in [0.2, 0.25) is 5.91 Å². The van der Waals surface area contributed by atoms with Crippen molar-refractivity contribution in [3.05, 3.63) is 30.0 Å². The topological polar surface area (TPSA) is 120 Å². The van der Waals surface area contributed by atoms with Gasteiger partial charge in [0, 0.05) is 31.5 Å². The van der Waals surface area contributed by atoms with Crippen LogP contribution in [0.3, 0.4) is 0 Å². The molecule has 1 amide bonds. The van der Waals surface area contributed by atoms with E-state index in [9.17, 15) is 13.6 Å². The van der Waals surface area contributed by atoms with E-state index in [4.69, 9.17) is 20.9 Å². The van der Waals surface area contributed by atoms with Crippen LogP contribution in [0.5, 0.6) is 11.6 Å². The maximum absolute atomic E-state index is 14.7. The standard InChI is InChI=1S/C22H26F2N6O3/c1-13(31)30-11-22(23,24)18-14(30)3-2-4-15(18)33-20-19(26)28-17(9-27-20)29-7-5-21(6-8-29)12-32-10-16(21)25/h2-4,9,16H,5-8,10-12,25H2,1H3,(H2,26,28)/t16-/m0/s1. The Labute approximate surface area is 189 Å². The highest BCUT2D eigenvalue weighted by Crippen LogP contribution is 2.49. The van der Waals surface area contributed by atoms with Crippen LogP contribution in [-0.4, -0.2) is 54.8 Å². The average molecular weight is 460 g/mol. The summed E-state index contributed by atoms with van der Waals surface area (Å²) in [6.07, 6.45) is 3.29. The van der Waals surface area contributed by atoms with Crippen LogP contribution in [0.1, 0.15) is 25.3 Å². The highest BCUT2D eigenvalue weighted by Gasteiger charge is 2.48. The number of amides is 1. The molecule has 2 saturated heterocycles. The number of alkyl halides is 2. The first-order chi connectivity index (χ1) is 15.7. The second kappa shape index (κ2) is 7.77. The third-order valence-electron chi connectivity index (χ3n) is 6.91. The number of anilines is 3. The highest BCUT2D eigenvalue weighted by molar-refractivity contribution is 5.95. The number of hydrogen-bond acceptors (Lipinski definition) is 8. The molecule has 3 aliphatic rings. The van der Waals surface area contributed by atoms with Gasteiger partial charge in [-0.25, -0.2) is 9.97 Å². The fourth-order valence-electron chi connectivity index (χ4n) is 4.93. The minimum atomic E-state index is -3.26. The van der Waals surface area contributed by atoms with Gasteiger partial charge in [0.15, 0.2) is 5.82 Å². The maximum atomic E-state index is 14.7. The number of nitrogen functional groups attached to an aromatic ring is 1. The summed E-state index contributed by atoms with van der Waals surface area (Å²) in [6.45, 7) is 3.26. The zero-order chi connectivity index (χ0) is 23.4. The molecule has 0 aliphatic carbocycles. The number of nitrogens with two attached hydrogens (primary N) is 2. The second-order valence-corrected chi connectivity index (χ2v) is 8.95. The largest absolute Gasteiger partial charge is 0.435 e. The van der Waals surface area contributed by atoms with Crippen molar-refractivity contribution in [1.82, 2.24) is 9.97 Å². The quantitative estimate of drug-likeness (QED) is 0.716. The van der Waals surface area contributed by atoms with E-state index in [1.807, 2.05) is 0 Å². The lowest BCUT2D eigenvalue weighted by Crippen LogP contribution is -2.49. The van der Waals surface area contributed by atoms with Crippen molar-refractivity contribution in [2.75, 3.05) is 48.4 Å². The molecule has 9 nitrogen and oxygen atoms in total. The van der Waals surface area contributed by atoms with Gasteiger partial charge in [0.05, 0.1) is 37.2 Å². The molecule has 0 radical (unpaired) electrons. The Hall–Kier alpha value is -3.05. The van der Waals surface area contributed by atoms with Crippen LogP contribution in [0.2, 0.25) is 0 Å². The number of carbonyl (C=O) groups excluding carboxylic acids is 1. The number of carbonyl (C=O) groups is 1. The minimum Gasteiger partial charge on any atom is -0.435 e. The van der Waals surface area contributed by atoms with E-state index in [-0.39, 0.29) is 40.2 Å². The molecule has 1 spiro atoms. The molecular formula is C22H26F2N6O3. The minimum absolute atomic E-state index is 0.00368. The van der Waals surface area contributed by atoms with Crippen molar-refractivity contribution < 1.29 is 23.0 Å².